The van der Waals surface area contributed by atoms with Crippen molar-refractivity contribution in [3.05, 3.63) is 77.7 Å². The summed E-state index contributed by atoms with van der Waals surface area (Å²) in [7, 11) is -1.79. The third-order valence-electron chi connectivity index (χ3n) is 4.51. The van der Waals surface area contributed by atoms with Gasteiger partial charge in [-0.1, -0.05) is 63.0 Å². The van der Waals surface area contributed by atoms with Crippen LogP contribution in [0.4, 0.5) is 0 Å². The van der Waals surface area contributed by atoms with E-state index >= 15 is 0 Å². The molecule has 1 unspecified atom stereocenters. The van der Waals surface area contributed by atoms with Crippen molar-refractivity contribution in [1.82, 2.24) is 9.97 Å². The van der Waals surface area contributed by atoms with Crippen LogP contribution in [0.2, 0.25) is 19.6 Å². The Morgan fingerprint density at radius 2 is 1.77 bits per heavy atom. The van der Waals surface area contributed by atoms with E-state index in [1.54, 1.807) is 0 Å². The monoisotopic (exact) mass is 362 g/mol. The summed E-state index contributed by atoms with van der Waals surface area (Å²) in [6, 6.07) is 17.7. The van der Waals surface area contributed by atoms with Gasteiger partial charge < -0.3 is 0 Å². The summed E-state index contributed by atoms with van der Waals surface area (Å²) in [5, 5.41) is 1.07. The highest BCUT2D eigenvalue weighted by Gasteiger charge is 2.23. The van der Waals surface area contributed by atoms with Crippen LogP contribution in [0.1, 0.15) is 32.5 Å². The molecule has 0 saturated carbocycles. The van der Waals surface area contributed by atoms with E-state index in [0.29, 0.717) is 0 Å². The Bertz CT molecular complexity index is 966. The van der Waals surface area contributed by atoms with Gasteiger partial charge in [-0.2, -0.15) is 0 Å². The molecule has 0 fully saturated rings. The highest BCUT2D eigenvalue weighted by atomic mass is 28.3. The average Bonchev–Trinajstić information content (AvgIpc) is 2.67. The van der Waals surface area contributed by atoms with Gasteiger partial charge in [0.25, 0.3) is 0 Å². The van der Waals surface area contributed by atoms with Gasteiger partial charge in [0.05, 0.1) is 13.8 Å². The van der Waals surface area contributed by atoms with E-state index in [1.165, 1.54) is 0 Å². The lowest BCUT2D eigenvalue weighted by Crippen LogP contribution is -2.40. The second kappa shape index (κ2) is 7.54. The van der Waals surface area contributed by atoms with Crippen LogP contribution in [0.3, 0.4) is 0 Å². The molecule has 0 bridgehead atoms. The van der Waals surface area contributed by atoms with Crippen LogP contribution in [0, 0.1) is 6.92 Å². The van der Waals surface area contributed by atoms with Crippen LogP contribution in [0.15, 0.2) is 60.8 Å². The normalized spacial score (nSPS) is 14.5. The molecule has 134 valence electrons. The van der Waals surface area contributed by atoms with Crippen molar-refractivity contribution in [2.75, 3.05) is 0 Å². The summed E-state index contributed by atoms with van der Waals surface area (Å²) in [4.78, 5) is 9.28. The second-order valence-corrected chi connectivity index (χ2v) is 12.8. The van der Waals surface area contributed by atoms with Gasteiger partial charge in [0.2, 0.25) is 0 Å². The number of pyridine rings is 2. The summed E-state index contributed by atoms with van der Waals surface area (Å²) in [5.74, 6) is -0.367. The van der Waals surface area contributed by atoms with Crippen molar-refractivity contribution >= 4 is 13.3 Å². The van der Waals surface area contributed by atoms with Gasteiger partial charge in [-0.05, 0) is 42.2 Å². The van der Waals surface area contributed by atoms with Gasteiger partial charge >= 0.3 is 0 Å². The molecule has 2 nitrogen and oxygen atoms in total. The van der Waals surface area contributed by atoms with E-state index in [0.717, 1.165) is 33.4 Å². The predicted octanol–water partition coefficient (Wildman–Crippen LogP) is 5.34. The van der Waals surface area contributed by atoms with Gasteiger partial charge in [0.1, 0.15) is 0 Å². The van der Waals surface area contributed by atoms with E-state index in [-0.39, 0.29) is 5.92 Å². The standard InChI is InChI=1S/C23H28N2Si/c1-17(21-13-9-10-18(2)25-21)14-20-15-22(19-11-7-6-8-12-19)24-16-23(20)26(3,4)5/h6-13,15-17H,14H2,1-5H3/i14D2. The molecule has 0 aliphatic carbocycles. The first kappa shape index (κ1) is 16.0. The van der Waals surface area contributed by atoms with Crippen molar-refractivity contribution in [3.63, 3.8) is 0 Å². The first-order chi connectivity index (χ1) is 13.1. The van der Waals surface area contributed by atoms with E-state index < -0.39 is 14.4 Å². The lowest BCUT2D eigenvalue weighted by Gasteiger charge is -2.23. The third kappa shape index (κ3) is 4.28. The molecule has 0 saturated heterocycles. The third-order valence-corrected chi connectivity index (χ3v) is 6.52. The van der Waals surface area contributed by atoms with E-state index in [4.69, 9.17) is 2.74 Å². The molecular weight excluding hydrogens is 332 g/mol. The van der Waals surface area contributed by atoms with E-state index in [9.17, 15) is 0 Å². The lowest BCUT2D eigenvalue weighted by atomic mass is 9.96. The Hall–Kier alpha value is -2.26. The molecule has 26 heavy (non-hydrogen) atoms. The molecule has 0 N–H and O–H groups in total. The van der Waals surface area contributed by atoms with Crippen LogP contribution in [-0.4, -0.2) is 18.0 Å². The second-order valence-electron chi connectivity index (χ2n) is 7.80. The molecule has 0 aliphatic heterocycles. The van der Waals surface area contributed by atoms with Crippen molar-refractivity contribution in [2.24, 2.45) is 0 Å². The number of hydrogen-bond donors (Lipinski definition) is 0. The molecular formula is C23H28N2Si. The van der Waals surface area contributed by atoms with E-state index in [1.807, 2.05) is 74.6 Å². The van der Waals surface area contributed by atoms with Crippen molar-refractivity contribution in [1.29, 1.82) is 0 Å². The quantitative estimate of drug-likeness (QED) is 0.572. The number of aromatic nitrogens is 2. The van der Waals surface area contributed by atoms with Gasteiger partial charge in [-0.25, -0.2) is 0 Å². The Kier molecular flexibility index (Phi) is 4.63. The molecule has 1 aromatic carbocycles. The molecule has 0 aliphatic rings. The maximum atomic E-state index is 9.08. The number of rotatable bonds is 5. The molecule has 1 atom stereocenters. The Morgan fingerprint density at radius 1 is 1.04 bits per heavy atom. The highest BCUT2D eigenvalue weighted by molar-refractivity contribution is 6.89. The summed E-state index contributed by atoms with van der Waals surface area (Å²) in [6.07, 6.45) is 0.348. The summed E-state index contributed by atoms with van der Waals surface area (Å²) in [6.45, 7) is 10.6. The molecule has 3 heteroatoms. The Morgan fingerprint density at radius 3 is 2.42 bits per heavy atom. The maximum absolute atomic E-state index is 9.08. The fraction of sp³-hybridized carbons (Fsp3) is 0.304. The van der Waals surface area contributed by atoms with Gasteiger partial charge in [0.15, 0.2) is 0 Å². The SMILES string of the molecule is [2H]C([2H])(c1cc(-c2ccccc2)ncc1[Si](C)(C)C)C(C)c1cccc(C)n1. The summed E-state index contributed by atoms with van der Waals surface area (Å²) >= 11 is 0. The van der Waals surface area contributed by atoms with Crippen LogP contribution < -0.4 is 5.19 Å². The molecule has 0 amide bonds. The minimum atomic E-state index is -1.79. The zero-order valence-electron chi connectivity index (χ0n) is 18.2. The van der Waals surface area contributed by atoms with Crippen molar-refractivity contribution in [3.8, 4) is 11.3 Å². The molecule has 2 aromatic heterocycles. The zero-order valence-corrected chi connectivity index (χ0v) is 17.2. The van der Waals surface area contributed by atoms with Crippen LogP contribution in [-0.2, 0) is 6.37 Å². The summed E-state index contributed by atoms with van der Waals surface area (Å²) in [5.41, 5.74) is 4.25. The number of hydrogen-bond acceptors (Lipinski definition) is 2. The largest absolute Gasteiger partial charge is 0.258 e. The summed E-state index contributed by atoms with van der Waals surface area (Å²) < 4.78 is 18.2. The zero-order chi connectivity index (χ0) is 20.5. The minimum Gasteiger partial charge on any atom is -0.258 e. The Balaban J connectivity index is 2.16. The first-order valence-electron chi connectivity index (χ1n) is 10.1. The molecule has 0 radical (unpaired) electrons. The number of benzene rings is 1. The minimum absolute atomic E-state index is 0.367. The van der Waals surface area contributed by atoms with Crippen molar-refractivity contribution in [2.45, 2.75) is 45.8 Å². The smallest absolute Gasteiger partial charge is 0.0799 e. The predicted molar refractivity (Wildman–Crippen MR) is 114 cm³/mol. The fourth-order valence-electron chi connectivity index (χ4n) is 3.05. The topological polar surface area (TPSA) is 25.8 Å². The average molecular weight is 363 g/mol. The lowest BCUT2D eigenvalue weighted by molar-refractivity contribution is 0.728. The van der Waals surface area contributed by atoms with Gasteiger partial charge in [0, 0.05) is 31.8 Å². The Labute approximate surface area is 161 Å². The van der Waals surface area contributed by atoms with Crippen LogP contribution in [0.25, 0.3) is 11.3 Å². The van der Waals surface area contributed by atoms with Gasteiger partial charge in [-0.3, -0.25) is 9.97 Å². The first-order valence-corrected chi connectivity index (χ1v) is 12.6. The number of aryl methyl sites for hydroxylation is 1. The molecule has 0 spiro atoms. The van der Waals surface area contributed by atoms with E-state index in [2.05, 4.69) is 29.6 Å². The molecule has 3 rings (SSSR count). The van der Waals surface area contributed by atoms with Crippen LogP contribution in [0.5, 0.6) is 0 Å². The van der Waals surface area contributed by atoms with Crippen LogP contribution >= 0.6 is 0 Å². The van der Waals surface area contributed by atoms with Gasteiger partial charge in [-0.15, -0.1) is 0 Å². The maximum Gasteiger partial charge on any atom is 0.0799 e. The molecule has 3 aromatic rings. The highest BCUT2D eigenvalue weighted by Crippen LogP contribution is 2.23. The fourth-order valence-corrected chi connectivity index (χ4v) is 4.46. The number of nitrogens with zero attached hydrogens (tertiary/aromatic N) is 2. The van der Waals surface area contributed by atoms with Crippen molar-refractivity contribution < 1.29 is 2.74 Å². The molecule has 2 heterocycles.